The van der Waals surface area contributed by atoms with Crippen molar-refractivity contribution in [3.63, 3.8) is 0 Å². The molecule has 3 rings (SSSR count). The van der Waals surface area contributed by atoms with Crippen LogP contribution < -0.4 is 0 Å². The van der Waals surface area contributed by atoms with Crippen molar-refractivity contribution in [2.45, 2.75) is 97.3 Å². The van der Waals surface area contributed by atoms with Gasteiger partial charge in [0.15, 0.2) is 0 Å². The second-order valence-corrected chi connectivity index (χ2v) is 8.75. The van der Waals surface area contributed by atoms with Gasteiger partial charge in [-0.05, 0) is 67.8 Å². The van der Waals surface area contributed by atoms with E-state index in [4.69, 9.17) is 0 Å². The van der Waals surface area contributed by atoms with E-state index in [0.29, 0.717) is 0 Å². The predicted molar refractivity (Wildman–Crippen MR) is 106 cm³/mol. The zero-order chi connectivity index (χ0) is 17.5. The van der Waals surface area contributed by atoms with Crippen LogP contribution in [0.4, 0.5) is 0 Å². The third-order valence-electron chi connectivity index (χ3n) is 7.09. The van der Waals surface area contributed by atoms with Gasteiger partial charge in [-0.25, -0.2) is 9.97 Å². The third-order valence-corrected chi connectivity index (χ3v) is 7.09. The van der Waals surface area contributed by atoms with Crippen LogP contribution in [0.1, 0.15) is 95.9 Å². The van der Waals surface area contributed by atoms with Crippen molar-refractivity contribution >= 4 is 0 Å². The van der Waals surface area contributed by atoms with E-state index in [1.807, 2.05) is 12.4 Å². The van der Waals surface area contributed by atoms with E-state index < -0.39 is 0 Å². The van der Waals surface area contributed by atoms with Crippen LogP contribution in [0.5, 0.6) is 0 Å². The molecule has 25 heavy (non-hydrogen) atoms. The fraction of sp³-hybridized carbons (Fsp3) is 0.826. The minimum Gasteiger partial charge on any atom is -0.241 e. The largest absolute Gasteiger partial charge is 0.241 e. The topological polar surface area (TPSA) is 25.8 Å². The maximum absolute atomic E-state index is 4.53. The molecule has 0 N–H and O–H groups in total. The zero-order valence-electron chi connectivity index (χ0n) is 16.6. The number of aryl methyl sites for hydroxylation is 2. The summed E-state index contributed by atoms with van der Waals surface area (Å²) in [4.78, 5) is 9.07. The fourth-order valence-electron chi connectivity index (χ4n) is 5.33. The van der Waals surface area contributed by atoms with Gasteiger partial charge in [0.1, 0.15) is 5.82 Å². The van der Waals surface area contributed by atoms with E-state index in [9.17, 15) is 0 Å². The second kappa shape index (κ2) is 9.69. The highest BCUT2D eigenvalue weighted by Crippen LogP contribution is 2.42. The van der Waals surface area contributed by atoms with Crippen LogP contribution in [-0.2, 0) is 12.8 Å². The summed E-state index contributed by atoms with van der Waals surface area (Å²) in [6.45, 7) is 4.50. The summed E-state index contributed by atoms with van der Waals surface area (Å²) in [5.74, 6) is 5.12. The SMILES string of the molecule is CCCC1CCC(C2CCC(CCc3ncc(CC)cn3)CC2)CC1. The monoisotopic (exact) mass is 342 g/mol. The molecule has 2 heteroatoms. The highest BCUT2D eigenvalue weighted by Gasteiger charge is 2.30. The molecule has 1 heterocycles. The van der Waals surface area contributed by atoms with Crippen molar-refractivity contribution in [2.24, 2.45) is 23.7 Å². The molecule has 0 saturated heterocycles. The van der Waals surface area contributed by atoms with Crippen molar-refractivity contribution in [3.05, 3.63) is 23.8 Å². The van der Waals surface area contributed by atoms with Crippen LogP contribution in [0.2, 0.25) is 0 Å². The van der Waals surface area contributed by atoms with Gasteiger partial charge in [-0.2, -0.15) is 0 Å². The maximum Gasteiger partial charge on any atom is 0.128 e. The van der Waals surface area contributed by atoms with Crippen molar-refractivity contribution in [1.29, 1.82) is 0 Å². The molecule has 140 valence electrons. The molecule has 0 unspecified atom stereocenters. The minimum absolute atomic E-state index is 0.919. The number of hydrogen-bond donors (Lipinski definition) is 0. The molecular formula is C23H38N2. The van der Waals surface area contributed by atoms with Gasteiger partial charge < -0.3 is 0 Å². The lowest BCUT2D eigenvalue weighted by Crippen LogP contribution is -2.26. The summed E-state index contributed by atoms with van der Waals surface area (Å²) in [7, 11) is 0. The highest BCUT2D eigenvalue weighted by molar-refractivity contribution is 5.04. The van der Waals surface area contributed by atoms with Gasteiger partial charge in [0.2, 0.25) is 0 Å². The van der Waals surface area contributed by atoms with Crippen LogP contribution in [0.25, 0.3) is 0 Å². The molecule has 0 spiro atoms. The Labute approximate surface area is 155 Å². The first-order valence-electron chi connectivity index (χ1n) is 11.1. The molecular weight excluding hydrogens is 304 g/mol. The lowest BCUT2D eigenvalue weighted by atomic mass is 9.68. The molecule has 2 fully saturated rings. The number of hydrogen-bond acceptors (Lipinski definition) is 2. The Morgan fingerprint density at radius 3 is 1.76 bits per heavy atom. The number of aromatic nitrogens is 2. The standard InChI is InChI=1S/C23H38N2/c1-3-5-19-6-11-21(12-7-19)22-13-8-20(9-14-22)10-15-23-24-16-18(4-2)17-25-23/h16-17,19-22H,3-15H2,1-2H3. The Bertz CT molecular complexity index is 479. The van der Waals surface area contributed by atoms with Gasteiger partial charge in [-0.3, -0.25) is 0 Å². The Hall–Kier alpha value is -0.920. The van der Waals surface area contributed by atoms with Gasteiger partial charge in [0, 0.05) is 18.8 Å². The van der Waals surface area contributed by atoms with E-state index in [0.717, 1.165) is 42.3 Å². The minimum atomic E-state index is 0.919. The summed E-state index contributed by atoms with van der Waals surface area (Å²) < 4.78 is 0. The molecule has 0 radical (unpaired) electrons. The summed E-state index contributed by atoms with van der Waals surface area (Å²) in [6, 6.07) is 0. The van der Waals surface area contributed by atoms with Crippen LogP contribution in [0.3, 0.4) is 0 Å². The average Bonchev–Trinajstić information content (AvgIpc) is 2.68. The Morgan fingerprint density at radius 1 is 0.760 bits per heavy atom. The van der Waals surface area contributed by atoms with Crippen molar-refractivity contribution < 1.29 is 0 Å². The van der Waals surface area contributed by atoms with Crippen molar-refractivity contribution in [3.8, 4) is 0 Å². The number of rotatable bonds is 7. The molecule has 0 aliphatic heterocycles. The summed E-state index contributed by atoms with van der Waals surface area (Å²) in [5, 5.41) is 0. The first kappa shape index (κ1) is 18.9. The zero-order valence-corrected chi connectivity index (χ0v) is 16.6. The normalized spacial score (nSPS) is 30.3. The average molecular weight is 343 g/mol. The van der Waals surface area contributed by atoms with Crippen LogP contribution in [0, 0.1) is 23.7 Å². The summed E-state index contributed by atoms with van der Waals surface area (Å²) >= 11 is 0. The predicted octanol–water partition coefficient (Wildman–Crippen LogP) is 6.38. The quantitative estimate of drug-likeness (QED) is 0.574. The van der Waals surface area contributed by atoms with Crippen LogP contribution >= 0.6 is 0 Å². The van der Waals surface area contributed by atoms with Gasteiger partial charge in [-0.15, -0.1) is 0 Å². The first-order valence-corrected chi connectivity index (χ1v) is 11.1. The van der Waals surface area contributed by atoms with Crippen LogP contribution in [-0.4, -0.2) is 9.97 Å². The van der Waals surface area contributed by atoms with E-state index >= 15 is 0 Å². The fourth-order valence-corrected chi connectivity index (χ4v) is 5.33. The van der Waals surface area contributed by atoms with Crippen molar-refractivity contribution in [1.82, 2.24) is 9.97 Å². The molecule has 2 nitrogen and oxygen atoms in total. The lowest BCUT2D eigenvalue weighted by molar-refractivity contribution is 0.141. The summed E-state index contributed by atoms with van der Waals surface area (Å²) in [5.41, 5.74) is 1.25. The van der Waals surface area contributed by atoms with E-state index in [-0.39, 0.29) is 0 Å². The Balaban J connectivity index is 1.36. The number of nitrogens with zero attached hydrogens (tertiary/aromatic N) is 2. The van der Waals surface area contributed by atoms with E-state index in [2.05, 4.69) is 23.8 Å². The second-order valence-electron chi connectivity index (χ2n) is 8.75. The smallest absolute Gasteiger partial charge is 0.128 e. The van der Waals surface area contributed by atoms with Crippen LogP contribution in [0.15, 0.2) is 12.4 Å². The molecule has 2 saturated carbocycles. The van der Waals surface area contributed by atoms with Gasteiger partial charge in [0.05, 0.1) is 0 Å². The molecule has 1 aromatic rings. The van der Waals surface area contributed by atoms with E-state index in [1.165, 1.54) is 76.2 Å². The highest BCUT2D eigenvalue weighted by atomic mass is 14.9. The molecule has 2 aliphatic rings. The van der Waals surface area contributed by atoms with E-state index in [1.54, 1.807) is 0 Å². The molecule has 0 aromatic carbocycles. The van der Waals surface area contributed by atoms with Crippen molar-refractivity contribution in [2.75, 3.05) is 0 Å². The molecule has 0 amide bonds. The van der Waals surface area contributed by atoms with Gasteiger partial charge in [-0.1, -0.05) is 52.4 Å². The molecule has 2 aliphatic carbocycles. The molecule has 1 aromatic heterocycles. The lowest BCUT2D eigenvalue weighted by Gasteiger charge is -2.38. The Morgan fingerprint density at radius 2 is 1.28 bits per heavy atom. The summed E-state index contributed by atoms with van der Waals surface area (Å²) in [6.07, 6.45) is 22.2. The Kier molecular flexibility index (Phi) is 7.31. The third kappa shape index (κ3) is 5.53. The molecule has 0 atom stereocenters. The molecule has 0 bridgehead atoms. The maximum atomic E-state index is 4.53. The van der Waals surface area contributed by atoms with Gasteiger partial charge in [0.25, 0.3) is 0 Å². The van der Waals surface area contributed by atoms with Gasteiger partial charge >= 0.3 is 0 Å². The first-order chi connectivity index (χ1) is 12.3.